The fraction of sp³-hybridized carbons (Fsp3) is 0.222. The quantitative estimate of drug-likeness (QED) is 0.857. The molecule has 4 nitrogen and oxygen atoms in total. The second-order valence-electron chi connectivity index (χ2n) is 5.04. The average molecular weight is 294 g/mol. The molecule has 112 valence electrons. The maximum Gasteiger partial charge on any atom is 0.335 e. The molecule has 0 aliphatic heterocycles. The molecule has 1 atom stereocenters. The number of nitrogens with one attached hydrogen (secondary N) is 1. The molecule has 0 saturated heterocycles. The lowest BCUT2D eigenvalue weighted by molar-refractivity contribution is 0.0697. The van der Waals surface area contributed by atoms with Crippen molar-refractivity contribution in [3.63, 3.8) is 0 Å². The number of aryl methyl sites for hydroxylation is 1. The monoisotopic (exact) mass is 294 g/mol. The minimum atomic E-state index is -0.939. The van der Waals surface area contributed by atoms with Crippen molar-refractivity contribution in [1.29, 1.82) is 5.26 Å². The third-order valence-corrected chi connectivity index (χ3v) is 3.56. The number of carbonyl (C=O) groups is 1. The van der Waals surface area contributed by atoms with Gasteiger partial charge < -0.3 is 5.11 Å². The van der Waals surface area contributed by atoms with Crippen molar-refractivity contribution in [3.05, 3.63) is 70.8 Å². The van der Waals surface area contributed by atoms with E-state index in [2.05, 4.69) is 18.3 Å². The Hall–Kier alpha value is -2.64. The number of aromatic carboxylic acids is 1. The fourth-order valence-electron chi connectivity index (χ4n) is 2.17. The maximum atomic E-state index is 10.8. The zero-order valence-electron chi connectivity index (χ0n) is 12.4. The van der Waals surface area contributed by atoms with Crippen molar-refractivity contribution in [2.24, 2.45) is 0 Å². The normalized spacial score (nSPS) is 11.6. The lowest BCUT2D eigenvalue weighted by Crippen LogP contribution is -2.19. The van der Waals surface area contributed by atoms with Crippen LogP contribution in [0.4, 0.5) is 0 Å². The Balaban J connectivity index is 2.01. The molecule has 0 heterocycles. The first-order valence-electron chi connectivity index (χ1n) is 7.18. The molecule has 1 unspecified atom stereocenters. The first-order chi connectivity index (χ1) is 10.6. The highest BCUT2D eigenvalue weighted by Crippen LogP contribution is 2.15. The summed E-state index contributed by atoms with van der Waals surface area (Å²) in [7, 11) is 0. The van der Waals surface area contributed by atoms with Gasteiger partial charge >= 0.3 is 5.97 Å². The summed E-state index contributed by atoms with van der Waals surface area (Å²) in [6, 6.07) is 16.5. The summed E-state index contributed by atoms with van der Waals surface area (Å²) < 4.78 is 0. The van der Waals surface area contributed by atoms with Crippen LogP contribution in [0.2, 0.25) is 0 Å². The van der Waals surface area contributed by atoms with Gasteiger partial charge in [0.05, 0.1) is 11.6 Å². The van der Waals surface area contributed by atoms with E-state index >= 15 is 0 Å². The number of nitriles is 1. The van der Waals surface area contributed by atoms with E-state index in [0.29, 0.717) is 6.54 Å². The van der Waals surface area contributed by atoms with Crippen LogP contribution in [0.25, 0.3) is 0 Å². The largest absolute Gasteiger partial charge is 0.478 e. The van der Waals surface area contributed by atoms with Gasteiger partial charge in [-0.05, 0) is 35.2 Å². The van der Waals surface area contributed by atoms with Crippen LogP contribution in [0, 0.1) is 11.3 Å². The van der Waals surface area contributed by atoms with Gasteiger partial charge in [-0.1, -0.05) is 43.3 Å². The third kappa shape index (κ3) is 3.94. The van der Waals surface area contributed by atoms with E-state index in [1.807, 2.05) is 24.3 Å². The molecule has 2 rings (SSSR count). The molecule has 0 fully saturated rings. The Kier molecular flexibility index (Phi) is 5.29. The number of rotatable bonds is 6. The van der Waals surface area contributed by atoms with Crippen LogP contribution in [0.3, 0.4) is 0 Å². The van der Waals surface area contributed by atoms with Crippen LogP contribution < -0.4 is 5.32 Å². The van der Waals surface area contributed by atoms with Crippen LogP contribution in [-0.2, 0) is 13.0 Å². The predicted molar refractivity (Wildman–Crippen MR) is 84.4 cm³/mol. The number of hydrogen-bond acceptors (Lipinski definition) is 3. The van der Waals surface area contributed by atoms with E-state index in [1.54, 1.807) is 24.3 Å². The van der Waals surface area contributed by atoms with Crippen molar-refractivity contribution in [2.45, 2.75) is 25.9 Å². The Morgan fingerprint density at radius 1 is 1.14 bits per heavy atom. The van der Waals surface area contributed by atoms with E-state index in [9.17, 15) is 10.1 Å². The van der Waals surface area contributed by atoms with Crippen LogP contribution >= 0.6 is 0 Å². The van der Waals surface area contributed by atoms with Gasteiger partial charge in [-0.15, -0.1) is 0 Å². The molecule has 0 bridgehead atoms. The highest BCUT2D eigenvalue weighted by Gasteiger charge is 2.10. The van der Waals surface area contributed by atoms with Crippen molar-refractivity contribution >= 4 is 5.97 Å². The maximum absolute atomic E-state index is 10.8. The first kappa shape index (κ1) is 15.7. The van der Waals surface area contributed by atoms with Gasteiger partial charge in [0.2, 0.25) is 0 Å². The third-order valence-electron chi connectivity index (χ3n) is 3.56. The molecule has 0 spiro atoms. The molecule has 22 heavy (non-hydrogen) atoms. The first-order valence-corrected chi connectivity index (χ1v) is 7.18. The molecular formula is C18H18N2O2. The van der Waals surface area contributed by atoms with Gasteiger partial charge in [0, 0.05) is 6.54 Å². The van der Waals surface area contributed by atoms with Crippen LogP contribution in [0.5, 0.6) is 0 Å². The molecule has 0 amide bonds. The SMILES string of the molecule is CCc1ccc(C(C#N)NCc2ccc(C(=O)O)cc2)cc1. The number of nitrogens with zero attached hydrogens (tertiary/aromatic N) is 1. The van der Waals surface area contributed by atoms with Gasteiger partial charge in [-0.2, -0.15) is 5.26 Å². The zero-order chi connectivity index (χ0) is 15.9. The number of carboxylic acids is 1. The lowest BCUT2D eigenvalue weighted by Gasteiger charge is -2.12. The standard InChI is InChI=1S/C18H18N2O2/c1-2-13-3-7-15(8-4-13)17(11-19)20-12-14-5-9-16(10-6-14)18(21)22/h3-10,17,20H,2,12H2,1H3,(H,21,22). The van der Waals surface area contributed by atoms with E-state index < -0.39 is 5.97 Å². The van der Waals surface area contributed by atoms with E-state index in [4.69, 9.17) is 5.11 Å². The van der Waals surface area contributed by atoms with Gasteiger partial charge in [-0.3, -0.25) is 5.32 Å². The molecule has 0 saturated carbocycles. The van der Waals surface area contributed by atoms with E-state index in [1.165, 1.54) is 5.56 Å². The molecule has 2 aromatic rings. The Labute approximate surface area is 130 Å². The zero-order valence-corrected chi connectivity index (χ0v) is 12.4. The minimum absolute atomic E-state index is 0.260. The Morgan fingerprint density at radius 3 is 2.23 bits per heavy atom. The smallest absolute Gasteiger partial charge is 0.335 e. The summed E-state index contributed by atoms with van der Waals surface area (Å²) in [5, 5.41) is 21.4. The fourth-order valence-corrected chi connectivity index (χ4v) is 2.17. The summed E-state index contributed by atoms with van der Waals surface area (Å²) >= 11 is 0. The minimum Gasteiger partial charge on any atom is -0.478 e. The summed E-state index contributed by atoms with van der Waals surface area (Å²) in [6.07, 6.45) is 0.973. The molecule has 0 aromatic heterocycles. The number of carboxylic acid groups (broad SMARTS) is 1. The van der Waals surface area contributed by atoms with Crippen molar-refractivity contribution in [1.82, 2.24) is 5.32 Å². The van der Waals surface area contributed by atoms with Gasteiger partial charge in [-0.25, -0.2) is 4.79 Å². The van der Waals surface area contributed by atoms with Gasteiger partial charge in [0.15, 0.2) is 0 Å². The van der Waals surface area contributed by atoms with E-state index in [-0.39, 0.29) is 11.6 Å². The summed E-state index contributed by atoms with van der Waals surface area (Å²) in [6.45, 7) is 2.60. The number of benzene rings is 2. The molecule has 0 aliphatic carbocycles. The molecule has 0 aliphatic rings. The second kappa shape index (κ2) is 7.39. The van der Waals surface area contributed by atoms with Crippen molar-refractivity contribution in [3.8, 4) is 6.07 Å². The van der Waals surface area contributed by atoms with Gasteiger partial charge in [0.1, 0.15) is 6.04 Å². The highest BCUT2D eigenvalue weighted by atomic mass is 16.4. The van der Waals surface area contributed by atoms with E-state index in [0.717, 1.165) is 17.5 Å². The Morgan fingerprint density at radius 2 is 1.73 bits per heavy atom. The van der Waals surface area contributed by atoms with Crippen molar-refractivity contribution in [2.75, 3.05) is 0 Å². The number of hydrogen-bond donors (Lipinski definition) is 2. The molecule has 2 N–H and O–H groups in total. The molecular weight excluding hydrogens is 276 g/mol. The van der Waals surface area contributed by atoms with Crippen molar-refractivity contribution < 1.29 is 9.90 Å². The summed E-state index contributed by atoms with van der Waals surface area (Å²) in [4.78, 5) is 10.8. The second-order valence-corrected chi connectivity index (χ2v) is 5.04. The Bertz CT molecular complexity index is 670. The molecule has 0 radical (unpaired) electrons. The van der Waals surface area contributed by atoms with Crippen LogP contribution in [0.15, 0.2) is 48.5 Å². The van der Waals surface area contributed by atoms with Crippen LogP contribution in [0.1, 0.15) is 40.0 Å². The van der Waals surface area contributed by atoms with Crippen LogP contribution in [-0.4, -0.2) is 11.1 Å². The lowest BCUT2D eigenvalue weighted by atomic mass is 10.0. The van der Waals surface area contributed by atoms with Gasteiger partial charge in [0.25, 0.3) is 0 Å². The topological polar surface area (TPSA) is 73.1 Å². The summed E-state index contributed by atoms with van der Waals surface area (Å²) in [5.41, 5.74) is 3.37. The average Bonchev–Trinajstić information content (AvgIpc) is 2.56. The highest BCUT2D eigenvalue weighted by molar-refractivity contribution is 5.87. The predicted octanol–water partition coefficient (Wildman–Crippen LogP) is 3.30. The molecule has 4 heteroatoms. The molecule has 2 aromatic carbocycles. The summed E-state index contributed by atoms with van der Waals surface area (Å²) in [5.74, 6) is -0.939.